The molecule has 0 saturated carbocycles. The maximum absolute atomic E-state index is 13.4. The zero-order valence-electron chi connectivity index (χ0n) is 14.4. The molecule has 0 aliphatic rings. The van der Waals surface area contributed by atoms with Gasteiger partial charge in [-0.2, -0.15) is 9.78 Å². The maximum Gasteiger partial charge on any atom is 0.281 e. The molecule has 136 valence electrons. The molecule has 7 nitrogen and oxygen atoms in total. The molecule has 0 spiro atoms. The summed E-state index contributed by atoms with van der Waals surface area (Å²) in [6.45, 7) is 0. The molecule has 0 aliphatic heterocycles. The van der Waals surface area contributed by atoms with Gasteiger partial charge < -0.3 is 10.7 Å². The molecular weight excluding hydrogens is 374 g/mol. The molecule has 5 rings (SSSR count). The highest BCUT2D eigenvalue weighted by Gasteiger charge is 2.16. The van der Waals surface area contributed by atoms with E-state index in [9.17, 15) is 9.59 Å². The normalized spacial score (nSPS) is 11.3. The summed E-state index contributed by atoms with van der Waals surface area (Å²) >= 11 is 1.49. The molecule has 3 N–H and O–H groups in total. The number of rotatable bonds is 2. The maximum atomic E-state index is 13.4. The van der Waals surface area contributed by atoms with E-state index in [-0.39, 0.29) is 11.1 Å². The minimum atomic E-state index is -0.331. The Morgan fingerprint density at radius 3 is 2.57 bits per heavy atom. The second-order valence-electron chi connectivity index (χ2n) is 6.30. The first-order valence-electron chi connectivity index (χ1n) is 8.46. The first kappa shape index (κ1) is 16.4. The van der Waals surface area contributed by atoms with Crippen molar-refractivity contribution in [3.8, 4) is 16.8 Å². The average molecular weight is 387 g/mol. The van der Waals surface area contributed by atoms with Crippen LogP contribution >= 0.6 is 11.3 Å². The van der Waals surface area contributed by atoms with Crippen LogP contribution in [0.15, 0.2) is 69.7 Å². The van der Waals surface area contributed by atoms with Crippen LogP contribution in [0.3, 0.4) is 0 Å². The number of nitrogens with zero attached hydrogens (tertiary/aromatic N) is 3. The van der Waals surface area contributed by atoms with Crippen LogP contribution in [0, 0.1) is 0 Å². The molecule has 28 heavy (non-hydrogen) atoms. The summed E-state index contributed by atoms with van der Waals surface area (Å²) in [7, 11) is 0. The zero-order valence-corrected chi connectivity index (χ0v) is 15.2. The zero-order chi connectivity index (χ0) is 19.3. The highest BCUT2D eigenvalue weighted by Crippen LogP contribution is 2.25. The van der Waals surface area contributed by atoms with Crippen LogP contribution in [0.25, 0.3) is 38.1 Å². The van der Waals surface area contributed by atoms with Gasteiger partial charge in [-0.3, -0.25) is 9.59 Å². The van der Waals surface area contributed by atoms with Crippen LogP contribution in [0.5, 0.6) is 0 Å². The van der Waals surface area contributed by atoms with Crippen LogP contribution in [0.1, 0.15) is 0 Å². The Hall–Kier alpha value is -3.78. The van der Waals surface area contributed by atoms with Crippen molar-refractivity contribution in [1.82, 2.24) is 19.7 Å². The number of thiazole rings is 1. The number of H-pyrrole nitrogens is 1. The summed E-state index contributed by atoms with van der Waals surface area (Å²) in [6, 6.07) is 15.5. The monoisotopic (exact) mass is 387 g/mol. The van der Waals surface area contributed by atoms with E-state index in [1.54, 1.807) is 41.9 Å². The van der Waals surface area contributed by atoms with Gasteiger partial charge in [0.1, 0.15) is 5.52 Å². The van der Waals surface area contributed by atoms with Crippen LogP contribution in [0.4, 0.5) is 5.69 Å². The summed E-state index contributed by atoms with van der Waals surface area (Å²) < 4.78 is 2.31. The minimum Gasteiger partial charge on any atom is -0.399 e. The van der Waals surface area contributed by atoms with Crippen LogP contribution < -0.4 is 16.9 Å². The van der Waals surface area contributed by atoms with Crippen molar-refractivity contribution in [2.45, 2.75) is 0 Å². The van der Waals surface area contributed by atoms with E-state index in [1.807, 2.05) is 12.1 Å². The van der Waals surface area contributed by atoms with Crippen LogP contribution in [-0.4, -0.2) is 19.7 Å². The number of nitrogen functional groups attached to an aromatic ring is 1. The van der Waals surface area contributed by atoms with Crippen molar-refractivity contribution in [2.24, 2.45) is 0 Å². The first-order valence-corrected chi connectivity index (χ1v) is 9.34. The van der Waals surface area contributed by atoms with Gasteiger partial charge in [0.25, 0.3) is 5.56 Å². The molecule has 0 aliphatic carbocycles. The van der Waals surface area contributed by atoms with E-state index in [1.165, 1.54) is 22.1 Å². The summed E-state index contributed by atoms with van der Waals surface area (Å²) in [4.78, 5) is 32.3. The first-order chi connectivity index (χ1) is 13.6. The Morgan fingerprint density at radius 2 is 1.75 bits per heavy atom. The summed E-state index contributed by atoms with van der Waals surface area (Å²) in [6.07, 6.45) is 0. The molecular formula is C20H13N5O2S. The number of aromatic amines is 1. The van der Waals surface area contributed by atoms with Crippen molar-refractivity contribution in [1.29, 1.82) is 0 Å². The lowest BCUT2D eigenvalue weighted by Gasteiger charge is -2.11. The van der Waals surface area contributed by atoms with Crippen molar-refractivity contribution in [2.75, 3.05) is 5.73 Å². The van der Waals surface area contributed by atoms with Crippen molar-refractivity contribution in [3.63, 3.8) is 0 Å². The summed E-state index contributed by atoms with van der Waals surface area (Å²) in [5.74, 6) is 0. The van der Waals surface area contributed by atoms with Gasteiger partial charge in [-0.05, 0) is 42.0 Å². The topological polar surface area (TPSA) is 107 Å². The predicted molar refractivity (Wildman–Crippen MR) is 111 cm³/mol. The van der Waals surface area contributed by atoms with Crippen LogP contribution in [0.2, 0.25) is 0 Å². The predicted octanol–water partition coefficient (Wildman–Crippen LogP) is 2.93. The molecule has 5 aromatic rings. The largest absolute Gasteiger partial charge is 0.399 e. The van der Waals surface area contributed by atoms with Gasteiger partial charge in [0, 0.05) is 11.8 Å². The third-order valence-corrected chi connectivity index (χ3v) is 5.31. The lowest BCUT2D eigenvalue weighted by atomic mass is 10.1. The van der Waals surface area contributed by atoms with Gasteiger partial charge in [-0.15, -0.1) is 11.3 Å². The lowest BCUT2D eigenvalue weighted by Crippen LogP contribution is -2.24. The molecule has 8 heteroatoms. The lowest BCUT2D eigenvalue weighted by molar-refractivity contribution is 0.833. The standard InChI is InChI=1S/C20H13N5O2S/c21-12-3-1-11(2-4-12)18-19-15(7-8-17(26)23-19)24-25(20(18)27)13-5-6-14-16(9-13)28-10-22-14/h1-10H,21H2,(H,23,26). The molecule has 0 amide bonds. The van der Waals surface area contributed by atoms with Gasteiger partial charge in [0.05, 0.1) is 32.5 Å². The molecule has 3 heterocycles. The Balaban J connectivity index is 1.87. The average Bonchev–Trinajstić information content (AvgIpc) is 3.16. The molecule has 0 radical (unpaired) electrons. The SMILES string of the molecule is Nc1ccc(-c2c(=O)n(-c3ccc4ncsc4c3)nc3ccc(=O)[nH]c23)cc1. The number of nitrogens with two attached hydrogens (primary N) is 1. The van der Waals surface area contributed by atoms with E-state index in [0.29, 0.717) is 33.5 Å². The third kappa shape index (κ3) is 2.58. The number of fused-ring (bicyclic) bond motifs is 2. The minimum absolute atomic E-state index is 0.297. The van der Waals surface area contributed by atoms with Gasteiger partial charge in [-0.25, -0.2) is 4.98 Å². The number of hydrogen-bond acceptors (Lipinski definition) is 6. The number of aromatic nitrogens is 4. The molecule has 0 unspecified atom stereocenters. The van der Waals surface area contributed by atoms with Gasteiger partial charge in [-0.1, -0.05) is 12.1 Å². The summed E-state index contributed by atoms with van der Waals surface area (Å²) in [5, 5.41) is 4.47. The number of anilines is 1. The highest BCUT2D eigenvalue weighted by molar-refractivity contribution is 7.16. The Morgan fingerprint density at radius 1 is 0.964 bits per heavy atom. The molecule has 0 bridgehead atoms. The summed E-state index contributed by atoms with van der Waals surface area (Å²) in [5.41, 5.74) is 10.9. The molecule has 0 fully saturated rings. The Kier molecular flexibility index (Phi) is 3.59. The van der Waals surface area contributed by atoms with E-state index < -0.39 is 0 Å². The third-order valence-electron chi connectivity index (χ3n) is 4.52. The van der Waals surface area contributed by atoms with Gasteiger partial charge in [0.15, 0.2) is 0 Å². The number of hydrogen-bond donors (Lipinski definition) is 2. The number of benzene rings is 2. The fourth-order valence-corrected chi connectivity index (χ4v) is 3.88. The van der Waals surface area contributed by atoms with E-state index in [2.05, 4.69) is 15.1 Å². The second kappa shape index (κ2) is 6.14. The van der Waals surface area contributed by atoms with Crippen molar-refractivity contribution >= 4 is 38.3 Å². The molecule has 0 saturated heterocycles. The van der Waals surface area contributed by atoms with E-state index in [0.717, 1.165) is 10.2 Å². The van der Waals surface area contributed by atoms with Crippen LogP contribution in [-0.2, 0) is 0 Å². The quantitative estimate of drug-likeness (QED) is 0.453. The molecule has 0 atom stereocenters. The van der Waals surface area contributed by atoms with E-state index in [4.69, 9.17) is 5.73 Å². The van der Waals surface area contributed by atoms with E-state index >= 15 is 0 Å². The number of nitrogens with one attached hydrogen (secondary N) is 1. The fourth-order valence-electron chi connectivity index (χ4n) is 3.17. The number of pyridine rings is 1. The van der Waals surface area contributed by atoms with Crippen molar-refractivity contribution < 1.29 is 0 Å². The fraction of sp³-hybridized carbons (Fsp3) is 0. The Labute approximate surface area is 161 Å². The van der Waals surface area contributed by atoms with Gasteiger partial charge >= 0.3 is 0 Å². The highest BCUT2D eigenvalue weighted by atomic mass is 32.1. The molecule has 3 aromatic heterocycles. The second-order valence-corrected chi connectivity index (χ2v) is 7.19. The Bertz CT molecular complexity index is 1460. The van der Waals surface area contributed by atoms with Gasteiger partial charge in [0.2, 0.25) is 5.56 Å². The smallest absolute Gasteiger partial charge is 0.281 e. The van der Waals surface area contributed by atoms with Crippen molar-refractivity contribution in [3.05, 3.63) is 80.8 Å². The molecule has 2 aromatic carbocycles.